The Labute approximate surface area is 632 Å². The molecule has 0 aromatic heterocycles. The predicted molar refractivity (Wildman–Crippen MR) is 431 cm³/mol. The zero-order chi connectivity index (χ0) is 74.2. The summed E-state index contributed by atoms with van der Waals surface area (Å²) in [6.07, 6.45) is 73.0. The first kappa shape index (κ1) is 99.1. The Balaban J connectivity index is 5.43. The van der Waals surface area contributed by atoms with E-state index in [1.165, 1.54) is 193 Å². The van der Waals surface area contributed by atoms with Gasteiger partial charge in [-0.2, -0.15) is 0 Å². The summed E-state index contributed by atoms with van der Waals surface area (Å²) in [5.74, 6) is -0.160. The molecule has 0 saturated carbocycles. The maximum Gasteiger partial charge on any atom is 0.508 e. The Morgan fingerprint density at radius 1 is 0.206 bits per heavy atom. The summed E-state index contributed by atoms with van der Waals surface area (Å²) in [6.45, 7) is 20.2. The van der Waals surface area contributed by atoms with Crippen molar-refractivity contribution in [2.24, 2.45) is 0 Å². The van der Waals surface area contributed by atoms with Gasteiger partial charge in [0.25, 0.3) is 0 Å². The Hall–Kier alpha value is -2.93. The van der Waals surface area contributed by atoms with E-state index in [0.29, 0.717) is 52.0 Å². The predicted octanol–water partition coefficient (Wildman–Crippen LogP) is 26.5. The third-order valence-corrected chi connectivity index (χ3v) is 20.8. The summed E-state index contributed by atoms with van der Waals surface area (Å²) in [4.78, 5) is 69.1. The lowest BCUT2D eigenvalue weighted by atomic mass is 10.0. The van der Waals surface area contributed by atoms with Crippen LogP contribution in [-0.4, -0.2) is 118 Å². The van der Waals surface area contributed by atoms with Gasteiger partial charge in [0.05, 0.1) is 13.2 Å². The number of rotatable bonds is 84. The normalized spacial score (nSPS) is 11.6. The molecule has 604 valence electrons. The summed E-state index contributed by atoms with van der Waals surface area (Å²) >= 11 is 0. The molecule has 0 aliphatic carbocycles. The molecular weight excluding hydrogens is 1270 g/mol. The highest BCUT2D eigenvalue weighted by molar-refractivity contribution is 5.70. The molecule has 0 bridgehead atoms. The lowest BCUT2D eigenvalue weighted by molar-refractivity contribution is -0.151. The third kappa shape index (κ3) is 75.3. The minimum absolute atomic E-state index is 0.0174. The van der Waals surface area contributed by atoms with Gasteiger partial charge < -0.3 is 28.4 Å². The van der Waals surface area contributed by atoms with Gasteiger partial charge in [0.2, 0.25) is 0 Å². The lowest BCUT2D eigenvalue weighted by Gasteiger charge is -2.23. The van der Waals surface area contributed by atoms with Crippen LogP contribution in [0.25, 0.3) is 0 Å². The molecule has 102 heavy (non-hydrogen) atoms. The molecule has 0 atom stereocenters. The summed E-state index contributed by atoms with van der Waals surface area (Å²) in [5.41, 5.74) is 0. The quantitative estimate of drug-likeness (QED) is 0.0324. The van der Waals surface area contributed by atoms with Gasteiger partial charge >= 0.3 is 30.0 Å². The number of esters is 4. The molecule has 0 amide bonds. The first-order chi connectivity index (χ1) is 50.1. The second-order valence-corrected chi connectivity index (χ2v) is 30.8. The zero-order valence-corrected chi connectivity index (χ0v) is 68.8. The molecular formula is C89H172N2O11. The van der Waals surface area contributed by atoms with Crippen LogP contribution in [-0.2, 0) is 47.6 Å². The summed E-state index contributed by atoms with van der Waals surface area (Å²) in [5, 5.41) is 0. The number of carbonyl (C=O) groups excluding carboxylic acids is 5. The summed E-state index contributed by atoms with van der Waals surface area (Å²) in [6, 6.07) is 0. The van der Waals surface area contributed by atoms with Gasteiger partial charge in [-0.3, -0.25) is 29.0 Å². The first-order valence-electron chi connectivity index (χ1n) is 45.1. The second-order valence-electron chi connectivity index (χ2n) is 30.8. The van der Waals surface area contributed by atoms with Crippen LogP contribution in [0.2, 0.25) is 0 Å². The topological polar surface area (TPSA) is 147 Å². The molecule has 0 aliphatic heterocycles. The fourth-order valence-corrected chi connectivity index (χ4v) is 14.0. The van der Waals surface area contributed by atoms with Gasteiger partial charge in [0.1, 0.15) is 25.4 Å². The molecule has 0 aliphatic rings. The maximum atomic E-state index is 13.2. The molecule has 0 saturated heterocycles. The molecule has 0 aromatic carbocycles. The van der Waals surface area contributed by atoms with E-state index < -0.39 is 6.16 Å². The monoisotopic (exact) mass is 1450 g/mol. The number of carbonyl (C=O) groups is 5. The van der Waals surface area contributed by atoms with E-state index in [4.69, 9.17) is 28.4 Å². The van der Waals surface area contributed by atoms with E-state index in [1.54, 1.807) is 0 Å². The second kappa shape index (κ2) is 82.1. The Bertz CT molecular complexity index is 1610. The van der Waals surface area contributed by atoms with Crippen LogP contribution in [0.3, 0.4) is 0 Å². The highest BCUT2D eigenvalue weighted by atomic mass is 16.7. The molecule has 0 rings (SSSR count). The summed E-state index contributed by atoms with van der Waals surface area (Å²) < 4.78 is 34.9. The number of unbranched alkanes of at least 4 members (excludes halogenated alkanes) is 48. The first-order valence-corrected chi connectivity index (χ1v) is 45.1. The Kier molecular flexibility index (Phi) is 79.8. The van der Waals surface area contributed by atoms with E-state index in [2.05, 4.69) is 51.3 Å². The average Bonchev–Trinajstić information content (AvgIpc) is 1.20. The van der Waals surface area contributed by atoms with Crippen LogP contribution in [0.15, 0.2) is 0 Å². The van der Waals surface area contributed by atoms with Crippen LogP contribution in [0, 0.1) is 0 Å². The van der Waals surface area contributed by atoms with Crippen molar-refractivity contribution in [1.29, 1.82) is 0 Å². The van der Waals surface area contributed by atoms with E-state index in [0.717, 1.165) is 232 Å². The molecule has 0 N–H and O–H groups in total. The molecule has 0 heterocycles. The van der Waals surface area contributed by atoms with Crippen molar-refractivity contribution >= 4 is 30.0 Å². The van der Waals surface area contributed by atoms with Gasteiger partial charge in [-0.05, 0) is 142 Å². The largest absolute Gasteiger partial charge is 0.508 e. The smallest absolute Gasteiger partial charge is 0.466 e. The van der Waals surface area contributed by atoms with Gasteiger partial charge in [-0.25, -0.2) is 4.79 Å². The van der Waals surface area contributed by atoms with Crippen LogP contribution in [0.5, 0.6) is 0 Å². The van der Waals surface area contributed by atoms with Crippen LogP contribution >= 0.6 is 0 Å². The van der Waals surface area contributed by atoms with E-state index >= 15 is 0 Å². The van der Waals surface area contributed by atoms with Crippen LogP contribution in [0.1, 0.15) is 465 Å². The number of hydrogen-bond donors (Lipinski definition) is 0. The fourth-order valence-electron chi connectivity index (χ4n) is 14.0. The average molecular weight is 1450 g/mol. The van der Waals surface area contributed by atoms with Crippen molar-refractivity contribution in [3.05, 3.63) is 0 Å². The highest BCUT2D eigenvalue weighted by Gasteiger charge is 2.18. The lowest BCUT2D eigenvalue weighted by Crippen LogP contribution is -2.32. The molecule has 13 heteroatoms. The van der Waals surface area contributed by atoms with E-state index in [9.17, 15) is 24.0 Å². The highest BCUT2D eigenvalue weighted by Crippen LogP contribution is 2.22. The molecule has 0 spiro atoms. The minimum Gasteiger partial charge on any atom is -0.466 e. The van der Waals surface area contributed by atoms with Crippen molar-refractivity contribution in [3.8, 4) is 0 Å². The zero-order valence-electron chi connectivity index (χ0n) is 68.8. The molecule has 13 nitrogen and oxygen atoms in total. The fraction of sp³-hybridized carbons (Fsp3) is 0.944. The van der Waals surface area contributed by atoms with Crippen molar-refractivity contribution in [2.45, 2.75) is 478 Å². The maximum absolute atomic E-state index is 13.2. The van der Waals surface area contributed by atoms with E-state index in [1.807, 2.05) is 0 Å². The number of hydrogen-bond acceptors (Lipinski definition) is 13. The number of ether oxygens (including phenoxy) is 6. The van der Waals surface area contributed by atoms with Crippen molar-refractivity contribution in [1.82, 2.24) is 9.80 Å². The van der Waals surface area contributed by atoms with Gasteiger partial charge in [-0.1, -0.05) is 324 Å². The molecule has 0 radical (unpaired) electrons. The third-order valence-electron chi connectivity index (χ3n) is 20.8. The van der Waals surface area contributed by atoms with Crippen LogP contribution < -0.4 is 0 Å². The van der Waals surface area contributed by atoms with E-state index in [-0.39, 0.29) is 49.3 Å². The van der Waals surface area contributed by atoms with Gasteiger partial charge in [0, 0.05) is 38.8 Å². The Morgan fingerprint density at radius 3 is 0.667 bits per heavy atom. The van der Waals surface area contributed by atoms with Crippen molar-refractivity contribution in [2.75, 3.05) is 65.7 Å². The molecule has 0 unspecified atom stereocenters. The minimum atomic E-state index is -0.610. The number of nitrogens with zero attached hydrogens (tertiary/aromatic N) is 2. The van der Waals surface area contributed by atoms with Gasteiger partial charge in [0.15, 0.2) is 0 Å². The Morgan fingerprint density at radius 2 is 0.412 bits per heavy atom. The molecule has 0 fully saturated rings. The van der Waals surface area contributed by atoms with Gasteiger partial charge in [-0.15, -0.1) is 0 Å². The standard InChI is InChI=1S/C89H172N2O11/c1-7-13-19-25-31-49-63-79-97-85(92)69-55-41-33-45-59-73-90(75-61-47-35-43-57-71-87(94)101-83(65-51-37-27-21-15-9-3)66-52-38-28-22-16-10-4)77-81-99-89(96)100-82-78-91(74-60-46-34-42-56-70-86(93)98-80-64-50-32-26-20-14-8-2)76-62-48-36-44-58-72-88(95)102-84(67-53-39-29-23-17-11-5)68-54-40-30-24-18-12-6/h83-84H,7-82H2,1-6H3. The summed E-state index contributed by atoms with van der Waals surface area (Å²) in [7, 11) is 0. The SMILES string of the molecule is CCCCCCCCCOC(=O)CCCCCCCN(CCCCCCCC(=O)OC(CCCCCCCC)CCCCCCCC)CCOC(=O)OCCN(CCCCCCCC(=O)OCCCCCCCCC)CCCCCCCC(=O)OC(CCCCCCCC)CCCCCCCC. The molecule has 0 aromatic rings. The van der Waals surface area contributed by atoms with Crippen molar-refractivity contribution in [3.63, 3.8) is 0 Å². The van der Waals surface area contributed by atoms with Crippen LogP contribution in [0.4, 0.5) is 4.79 Å². The van der Waals surface area contributed by atoms with Crippen molar-refractivity contribution < 1.29 is 52.4 Å².